The van der Waals surface area contributed by atoms with Gasteiger partial charge in [-0.25, -0.2) is 8.42 Å². The largest absolute Gasteiger partial charge is 0.494 e. The van der Waals surface area contributed by atoms with Crippen LogP contribution in [0.5, 0.6) is 5.75 Å². The first kappa shape index (κ1) is 26.0. The first-order chi connectivity index (χ1) is 17.5. The zero-order valence-electron chi connectivity index (χ0n) is 20.5. The van der Waals surface area contributed by atoms with Crippen LogP contribution in [0.4, 0.5) is 17.2 Å². The first-order valence-electron chi connectivity index (χ1n) is 11.2. The van der Waals surface area contributed by atoms with E-state index in [1.54, 1.807) is 25.1 Å². The van der Waals surface area contributed by atoms with Crippen molar-refractivity contribution in [3.8, 4) is 17.1 Å². The van der Waals surface area contributed by atoms with E-state index < -0.39 is 22.0 Å². The summed E-state index contributed by atoms with van der Waals surface area (Å²) in [5.41, 5.74) is 6.37. The number of nitrogens with zero attached hydrogens (tertiary/aromatic N) is 5. The van der Waals surface area contributed by atoms with Crippen LogP contribution in [-0.4, -0.2) is 65.3 Å². The van der Waals surface area contributed by atoms with Crippen molar-refractivity contribution in [2.45, 2.75) is 25.8 Å². The molecule has 1 aliphatic rings. The number of aromatic nitrogens is 4. The maximum absolute atomic E-state index is 12.1. The third kappa shape index (κ3) is 5.67. The monoisotopic (exact) mass is 530 g/mol. The number of carbonyl (C=O) groups is 2. The minimum Gasteiger partial charge on any atom is -0.494 e. The van der Waals surface area contributed by atoms with E-state index in [2.05, 4.69) is 31.0 Å². The molecular weight excluding hydrogens is 504 g/mol. The number of methoxy groups -OCH3 is 1. The van der Waals surface area contributed by atoms with Gasteiger partial charge in [-0.3, -0.25) is 9.59 Å². The van der Waals surface area contributed by atoms with E-state index >= 15 is 0 Å². The predicted molar refractivity (Wildman–Crippen MR) is 132 cm³/mol. The first-order valence-corrected chi connectivity index (χ1v) is 13.0. The average molecular weight is 531 g/mol. The van der Waals surface area contributed by atoms with Gasteiger partial charge in [-0.05, 0) is 31.9 Å². The van der Waals surface area contributed by atoms with Gasteiger partial charge in [0.2, 0.25) is 27.6 Å². The molecular formula is C22H26N8O6S. The molecule has 4 rings (SSSR count). The number of benzene rings is 1. The van der Waals surface area contributed by atoms with Crippen molar-refractivity contribution in [2.75, 3.05) is 31.0 Å². The number of amides is 2. The Morgan fingerprint density at radius 3 is 2.59 bits per heavy atom. The van der Waals surface area contributed by atoms with E-state index in [1.165, 1.54) is 20.2 Å². The molecule has 2 heterocycles. The van der Waals surface area contributed by atoms with Crippen LogP contribution in [0.15, 0.2) is 28.8 Å². The van der Waals surface area contributed by atoms with Crippen LogP contribution in [0.1, 0.15) is 42.2 Å². The quantitative estimate of drug-likeness (QED) is 0.345. The molecule has 1 saturated carbocycles. The van der Waals surface area contributed by atoms with Crippen LogP contribution >= 0.6 is 0 Å². The molecule has 1 fully saturated rings. The van der Waals surface area contributed by atoms with Gasteiger partial charge < -0.3 is 25.6 Å². The molecule has 14 nitrogen and oxygen atoms in total. The lowest BCUT2D eigenvalue weighted by Crippen LogP contribution is -2.28. The number of para-hydroxylation sites is 1. The fourth-order valence-electron chi connectivity index (χ4n) is 3.44. The molecule has 1 aliphatic carbocycles. The van der Waals surface area contributed by atoms with Gasteiger partial charge in [0.1, 0.15) is 6.04 Å². The molecule has 3 aromatic rings. The Bertz CT molecular complexity index is 1450. The van der Waals surface area contributed by atoms with Gasteiger partial charge in [-0.15, -0.1) is 10.2 Å². The van der Waals surface area contributed by atoms with E-state index in [0.717, 1.165) is 23.4 Å². The fraction of sp³-hybridized carbons (Fsp3) is 0.364. The number of nitrogens with one attached hydrogen (secondary N) is 2. The number of rotatable bonds is 10. The van der Waals surface area contributed by atoms with Crippen molar-refractivity contribution >= 4 is 39.0 Å². The molecule has 0 unspecified atom stereocenters. The minimum atomic E-state index is -3.49. The molecule has 1 aromatic carbocycles. The number of primary amides is 1. The van der Waals surface area contributed by atoms with Gasteiger partial charge in [-0.2, -0.15) is 9.29 Å². The van der Waals surface area contributed by atoms with E-state index in [4.69, 9.17) is 15.0 Å². The van der Waals surface area contributed by atoms with Gasteiger partial charge in [-0.1, -0.05) is 11.2 Å². The second-order valence-electron chi connectivity index (χ2n) is 8.54. The van der Waals surface area contributed by atoms with E-state index in [9.17, 15) is 18.0 Å². The Kier molecular flexibility index (Phi) is 7.09. The standard InChI is InChI=1S/C22H26N8O6S/c1-11(30(2)37(4,33)34)22-26-20(29-36-22)13-6-5-7-14(18(13)35-3)24-15-10-16(25-21(32)12-8-9-12)27-28-17(15)19(23)31/h5-7,10-12H,8-9H2,1-4H3,(H2,23,31)(H2,24,25,27,32)/t11-/m1/s1. The van der Waals surface area contributed by atoms with Crippen molar-refractivity contribution in [1.29, 1.82) is 0 Å². The maximum Gasteiger partial charge on any atom is 0.271 e. The van der Waals surface area contributed by atoms with Gasteiger partial charge in [0.05, 0.1) is 30.3 Å². The minimum absolute atomic E-state index is 0.0504. The van der Waals surface area contributed by atoms with Crippen molar-refractivity contribution in [3.63, 3.8) is 0 Å². The number of nitrogens with two attached hydrogens (primary N) is 1. The Morgan fingerprint density at radius 1 is 1.24 bits per heavy atom. The summed E-state index contributed by atoms with van der Waals surface area (Å²) in [4.78, 5) is 28.5. The number of sulfonamides is 1. The Hall–Kier alpha value is -4.11. The van der Waals surface area contributed by atoms with E-state index in [0.29, 0.717) is 17.0 Å². The number of hydrogen-bond acceptors (Lipinski definition) is 11. The number of hydrogen-bond donors (Lipinski definition) is 3. The van der Waals surface area contributed by atoms with Gasteiger partial charge in [0.25, 0.3) is 5.91 Å². The third-order valence-electron chi connectivity index (χ3n) is 5.82. The number of anilines is 3. The molecule has 4 N–H and O–H groups in total. The predicted octanol–water partition coefficient (Wildman–Crippen LogP) is 1.68. The van der Waals surface area contributed by atoms with Gasteiger partial charge in [0.15, 0.2) is 17.3 Å². The molecule has 0 bridgehead atoms. The van der Waals surface area contributed by atoms with Gasteiger partial charge >= 0.3 is 0 Å². The molecule has 0 radical (unpaired) electrons. The summed E-state index contributed by atoms with van der Waals surface area (Å²) in [5.74, 6) is -0.336. The smallest absolute Gasteiger partial charge is 0.271 e. The van der Waals surface area contributed by atoms with Crippen LogP contribution in [0, 0.1) is 5.92 Å². The number of carbonyl (C=O) groups excluding carboxylic acids is 2. The highest BCUT2D eigenvalue weighted by Crippen LogP contribution is 2.38. The maximum atomic E-state index is 12.1. The summed E-state index contributed by atoms with van der Waals surface area (Å²) in [6, 6.07) is 5.81. The highest BCUT2D eigenvalue weighted by molar-refractivity contribution is 7.88. The Labute approximate surface area is 212 Å². The molecule has 196 valence electrons. The molecule has 37 heavy (non-hydrogen) atoms. The van der Waals surface area contributed by atoms with Crippen LogP contribution < -0.4 is 21.1 Å². The summed E-state index contributed by atoms with van der Waals surface area (Å²) in [7, 11) is -0.639. The van der Waals surface area contributed by atoms with Crippen LogP contribution in [0.2, 0.25) is 0 Å². The molecule has 1 atom stereocenters. The van der Waals surface area contributed by atoms with Crippen molar-refractivity contribution in [3.05, 3.63) is 35.9 Å². The normalized spacial score (nSPS) is 14.3. The average Bonchev–Trinajstić information content (AvgIpc) is 3.59. The summed E-state index contributed by atoms with van der Waals surface area (Å²) in [6.45, 7) is 1.62. The van der Waals surface area contributed by atoms with E-state index in [-0.39, 0.29) is 40.7 Å². The summed E-state index contributed by atoms with van der Waals surface area (Å²) >= 11 is 0. The second-order valence-corrected chi connectivity index (χ2v) is 10.6. The molecule has 15 heteroatoms. The topological polar surface area (TPSA) is 196 Å². The molecule has 2 aromatic heterocycles. The molecule has 2 amide bonds. The summed E-state index contributed by atoms with van der Waals surface area (Å²) in [6.07, 6.45) is 2.71. The lowest BCUT2D eigenvalue weighted by atomic mass is 10.1. The fourth-order valence-corrected chi connectivity index (χ4v) is 4.10. The van der Waals surface area contributed by atoms with Gasteiger partial charge in [0, 0.05) is 19.0 Å². The lowest BCUT2D eigenvalue weighted by molar-refractivity contribution is -0.117. The van der Waals surface area contributed by atoms with Crippen LogP contribution in [-0.2, 0) is 14.8 Å². The second kappa shape index (κ2) is 10.1. The zero-order chi connectivity index (χ0) is 26.9. The van der Waals surface area contributed by atoms with Crippen molar-refractivity contribution in [2.24, 2.45) is 11.7 Å². The Balaban J connectivity index is 1.67. The Morgan fingerprint density at radius 2 is 1.97 bits per heavy atom. The summed E-state index contributed by atoms with van der Waals surface area (Å²) < 4.78 is 35.8. The SMILES string of the molecule is COc1c(Nc2cc(NC(=O)C3CC3)nnc2C(N)=O)cccc1-c1noc([C@@H](C)N(C)S(C)(=O)=O)n1. The summed E-state index contributed by atoms with van der Waals surface area (Å²) in [5, 5.41) is 17.5. The molecule has 0 aliphatic heterocycles. The van der Waals surface area contributed by atoms with Crippen LogP contribution in [0.25, 0.3) is 11.4 Å². The number of ether oxygens (including phenoxy) is 1. The highest BCUT2D eigenvalue weighted by Gasteiger charge is 2.30. The highest BCUT2D eigenvalue weighted by atomic mass is 32.2. The van der Waals surface area contributed by atoms with Crippen LogP contribution in [0.3, 0.4) is 0 Å². The van der Waals surface area contributed by atoms with Crippen molar-refractivity contribution in [1.82, 2.24) is 24.6 Å². The van der Waals surface area contributed by atoms with Crippen molar-refractivity contribution < 1.29 is 27.3 Å². The zero-order valence-corrected chi connectivity index (χ0v) is 21.4. The van der Waals surface area contributed by atoms with E-state index in [1.807, 2.05) is 0 Å². The molecule has 0 spiro atoms. The third-order valence-corrected chi connectivity index (χ3v) is 7.19. The lowest BCUT2D eigenvalue weighted by Gasteiger charge is -2.18. The molecule has 0 saturated heterocycles.